The number of carbonyl (C=O) groups excluding carboxylic acids is 1. The fourth-order valence-corrected chi connectivity index (χ4v) is 4.11. The highest BCUT2D eigenvalue weighted by Gasteiger charge is 2.20. The second kappa shape index (κ2) is 11.1. The molecule has 182 valence electrons. The second-order valence-electron chi connectivity index (χ2n) is 8.85. The smallest absolute Gasteiger partial charge is 0.222 e. The van der Waals surface area contributed by atoms with Crippen LogP contribution in [0.1, 0.15) is 61.5 Å². The van der Waals surface area contributed by atoms with Gasteiger partial charge in [-0.15, -0.1) is 0 Å². The van der Waals surface area contributed by atoms with Crippen molar-refractivity contribution in [3.8, 4) is 11.5 Å². The Bertz CT molecular complexity index is 1220. The number of rotatable bonds is 9. The highest BCUT2D eigenvalue weighted by atomic mass is 19.1. The molecule has 0 aliphatic carbocycles. The van der Waals surface area contributed by atoms with Crippen LogP contribution in [-0.2, 0) is 11.3 Å². The molecule has 2 aromatic heterocycles. The molecule has 1 aliphatic heterocycles. The van der Waals surface area contributed by atoms with Crippen LogP contribution in [0, 0.1) is 12.7 Å². The Morgan fingerprint density at radius 1 is 1.20 bits per heavy atom. The highest BCUT2D eigenvalue weighted by Crippen LogP contribution is 2.31. The van der Waals surface area contributed by atoms with Gasteiger partial charge in [0.25, 0.3) is 0 Å². The molecule has 1 saturated heterocycles. The van der Waals surface area contributed by atoms with Crippen molar-refractivity contribution < 1.29 is 13.9 Å². The molecule has 0 radical (unpaired) electrons. The number of nitrogen functional groups attached to an aromatic ring is 1. The molecule has 0 spiro atoms. The number of pyridine rings is 2. The van der Waals surface area contributed by atoms with Crippen LogP contribution in [0.5, 0.6) is 11.5 Å². The molecule has 3 heterocycles. The number of hydrogen-bond acceptors (Lipinski definition) is 5. The minimum absolute atomic E-state index is 0.114. The number of unbranched alkanes of at least 4 members (excludes halogenated alkanes) is 1. The maximum absolute atomic E-state index is 14.3. The van der Waals surface area contributed by atoms with E-state index in [1.165, 1.54) is 12.1 Å². The van der Waals surface area contributed by atoms with Gasteiger partial charge in [-0.1, -0.05) is 19.4 Å². The fraction of sp³-hybridized carbons (Fsp3) is 0.321. The van der Waals surface area contributed by atoms with Crippen LogP contribution >= 0.6 is 0 Å². The molecule has 6 nitrogen and oxygen atoms in total. The molecule has 1 aliphatic rings. The third-order valence-electron chi connectivity index (χ3n) is 6.18. The molecule has 0 saturated carbocycles. The second-order valence-corrected chi connectivity index (χ2v) is 8.85. The Morgan fingerprint density at radius 2 is 2.06 bits per heavy atom. The summed E-state index contributed by atoms with van der Waals surface area (Å²) < 4.78 is 20.1. The largest absolute Gasteiger partial charge is 0.454 e. The monoisotopic (exact) mass is 474 g/mol. The van der Waals surface area contributed by atoms with Gasteiger partial charge < -0.3 is 15.4 Å². The van der Waals surface area contributed by atoms with Crippen molar-refractivity contribution in [3.63, 3.8) is 0 Å². The van der Waals surface area contributed by atoms with Crippen LogP contribution in [0.3, 0.4) is 0 Å². The third kappa shape index (κ3) is 6.04. The average Bonchev–Trinajstić information content (AvgIpc) is 3.25. The third-order valence-corrected chi connectivity index (χ3v) is 6.18. The minimum Gasteiger partial charge on any atom is -0.454 e. The molecule has 0 unspecified atom stereocenters. The molecule has 0 atom stereocenters. The minimum atomic E-state index is -0.512. The standard InChI is InChI=1S/C28H31FN4O2/c1-3-4-6-21(24-10-8-20(17-32-24)18-33-14-5-7-28(33)34)15-25-19(2)26(12-13-31-25)35-27-11-9-22(30)16-23(27)29/h8-13,15-17H,3-7,14,18,30H2,1-2H3/b21-15+. The molecular weight excluding hydrogens is 443 g/mol. The zero-order chi connectivity index (χ0) is 24.8. The summed E-state index contributed by atoms with van der Waals surface area (Å²) in [6.45, 7) is 5.47. The Balaban J connectivity index is 1.59. The van der Waals surface area contributed by atoms with Crippen molar-refractivity contribution in [2.75, 3.05) is 12.3 Å². The van der Waals surface area contributed by atoms with Crippen molar-refractivity contribution in [1.29, 1.82) is 0 Å². The van der Waals surface area contributed by atoms with Gasteiger partial charge in [-0.3, -0.25) is 14.8 Å². The summed E-state index contributed by atoms with van der Waals surface area (Å²) >= 11 is 0. The van der Waals surface area contributed by atoms with Crippen molar-refractivity contribution in [2.45, 2.75) is 52.5 Å². The van der Waals surface area contributed by atoms with Gasteiger partial charge in [0.05, 0.1) is 11.4 Å². The van der Waals surface area contributed by atoms with Gasteiger partial charge in [0.2, 0.25) is 5.91 Å². The lowest BCUT2D eigenvalue weighted by Gasteiger charge is -2.16. The molecule has 7 heteroatoms. The Labute approximate surface area is 205 Å². The molecule has 0 bridgehead atoms. The Kier molecular flexibility index (Phi) is 7.75. The van der Waals surface area contributed by atoms with Crippen molar-refractivity contribution >= 4 is 23.2 Å². The molecule has 2 N–H and O–H groups in total. The maximum Gasteiger partial charge on any atom is 0.222 e. The summed E-state index contributed by atoms with van der Waals surface area (Å²) in [7, 11) is 0. The lowest BCUT2D eigenvalue weighted by molar-refractivity contribution is -0.128. The fourth-order valence-electron chi connectivity index (χ4n) is 4.11. The van der Waals surface area contributed by atoms with Crippen molar-refractivity contribution in [1.82, 2.24) is 14.9 Å². The number of halogens is 1. The number of hydrogen-bond donors (Lipinski definition) is 1. The zero-order valence-electron chi connectivity index (χ0n) is 20.3. The maximum atomic E-state index is 14.3. The van der Waals surface area contributed by atoms with Crippen LogP contribution in [0.4, 0.5) is 10.1 Å². The molecule has 1 fully saturated rings. The molecule has 1 aromatic carbocycles. The van der Waals surface area contributed by atoms with Crippen LogP contribution < -0.4 is 10.5 Å². The van der Waals surface area contributed by atoms with Crippen molar-refractivity contribution in [2.24, 2.45) is 0 Å². The van der Waals surface area contributed by atoms with E-state index in [0.717, 1.165) is 60.3 Å². The van der Waals surface area contributed by atoms with E-state index in [9.17, 15) is 9.18 Å². The first-order valence-corrected chi connectivity index (χ1v) is 12.1. The summed E-state index contributed by atoms with van der Waals surface area (Å²) in [5, 5.41) is 0. The summed E-state index contributed by atoms with van der Waals surface area (Å²) in [6, 6.07) is 10.1. The quantitative estimate of drug-likeness (QED) is 0.376. The SMILES string of the molecule is CCCC/C(=C\c1nccc(Oc2ccc(N)cc2F)c1C)c1ccc(CN2CCCC2=O)cn1. The van der Waals surface area contributed by atoms with Gasteiger partial charge in [0, 0.05) is 49.2 Å². The van der Waals surface area contributed by atoms with Crippen LogP contribution in [0.25, 0.3) is 11.6 Å². The normalized spacial score (nSPS) is 14.0. The van der Waals surface area contributed by atoms with E-state index in [1.54, 1.807) is 18.3 Å². The first-order valence-electron chi connectivity index (χ1n) is 12.1. The number of aromatic nitrogens is 2. The van der Waals surface area contributed by atoms with E-state index in [4.69, 9.17) is 15.5 Å². The van der Waals surface area contributed by atoms with Gasteiger partial charge in [-0.05, 0) is 67.7 Å². The number of nitrogens with zero attached hydrogens (tertiary/aromatic N) is 3. The molecular formula is C28H31FN4O2. The number of likely N-dealkylation sites (tertiary alicyclic amines) is 1. The number of ether oxygens (including phenoxy) is 1. The lowest BCUT2D eigenvalue weighted by atomic mass is 10.0. The first kappa shape index (κ1) is 24.4. The van der Waals surface area contributed by atoms with E-state index in [0.29, 0.717) is 24.4 Å². The number of anilines is 1. The van der Waals surface area contributed by atoms with Gasteiger partial charge in [-0.25, -0.2) is 4.39 Å². The van der Waals surface area contributed by atoms with E-state index in [2.05, 4.69) is 11.9 Å². The van der Waals surface area contributed by atoms with Crippen LogP contribution in [0.15, 0.2) is 48.8 Å². The number of amides is 1. The van der Waals surface area contributed by atoms with E-state index >= 15 is 0 Å². The molecule has 35 heavy (non-hydrogen) atoms. The molecule has 1 amide bonds. The zero-order valence-corrected chi connectivity index (χ0v) is 20.3. The summed E-state index contributed by atoms with van der Waals surface area (Å²) in [5.41, 5.74) is 10.5. The van der Waals surface area contributed by atoms with E-state index in [1.807, 2.05) is 36.2 Å². The summed E-state index contributed by atoms with van der Waals surface area (Å²) in [6.07, 6.45) is 10.0. The topological polar surface area (TPSA) is 81.3 Å². The van der Waals surface area contributed by atoms with E-state index < -0.39 is 5.82 Å². The lowest BCUT2D eigenvalue weighted by Crippen LogP contribution is -2.23. The van der Waals surface area contributed by atoms with Crippen molar-refractivity contribution in [3.05, 3.63) is 77.1 Å². The van der Waals surface area contributed by atoms with E-state index in [-0.39, 0.29) is 11.7 Å². The summed E-state index contributed by atoms with van der Waals surface area (Å²) in [5.74, 6) is 0.341. The molecule has 4 rings (SSSR count). The van der Waals surface area contributed by atoms with Gasteiger partial charge in [-0.2, -0.15) is 0 Å². The van der Waals surface area contributed by atoms with Gasteiger partial charge in [0.1, 0.15) is 5.75 Å². The van der Waals surface area contributed by atoms with Crippen LogP contribution in [0.2, 0.25) is 0 Å². The van der Waals surface area contributed by atoms with Gasteiger partial charge in [0.15, 0.2) is 11.6 Å². The predicted octanol–water partition coefficient (Wildman–Crippen LogP) is 6.15. The number of allylic oxidation sites excluding steroid dienone is 1. The number of nitrogens with two attached hydrogens (primary N) is 1. The Hall–Kier alpha value is -3.74. The highest BCUT2D eigenvalue weighted by molar-refractivity contribution is 5.80. The first-order chi connectivity index (χ1) is 16.9. The summed E-state index contributed by atoms with van der Waals surface area (Å²) in [4.78, 5) is 23.1. The average molecular weight is 475 g/mol. The van der Waals surface area contributed by atoms with Gasteiger partial charge >= 0.3 is 0 Å². The van der Waals surface area contributed by atoms with Crippen LogP contribution in [-0.4, -0.2) is 27.3 Å². The number of benzene rings is 1. The number of carbonyl (C=O) groups is 1. The predicted molar refractivity (Wildman–Crippen MR) is 136 cm³/mol. The molecule has 3 aromatic rings. The Morgan fingerprint density at radius 3 is 2.74 bits per heavy atom.